The van der Waals surface area contributed by atoms with Crippen molar-refractivity contribution in [2.45, 2.75) is 25.8 Å². The van der Waals surface area contributed by atoms with E-state index < -0.39 is 6.04 Å². The van der Waals surface area contributed by atoms with Gasteiger partial charge < -0.3 is 19.4 Å². The third kappa shape index (κ3) is 2.98. The van der Waals surface area contributed by atoms with Crippen molar-refractivity contribution in [1.29, 1.82) is 0 Å². The van der Waals surface area contributed by atoms with Gasteiger partial charge in [-0.05, 0) is 44.0 Å². The molecule has 2 aliphatic heterocycles. The molecule has 1 aromatic rings. The van der Waals surface area contributed by atoms with Crippen LogP contribution in [0.4, 0.5) is 10.5 Å². The predicted octanol–water partition coefficient (Wildman–Crippen LogP) is 1.95. The number of hydrogen-bond acceptors (Lipinski definition) is 3. The van der Waals surface area contributed by atoms with Crippen LogP contribution < -0.4 is 9.64 Å². The minimum absolute atomic E-state index is 0.00210. The van der Waals surface area contributed by atoms with Gasteiger partial charge in [0, 0.05) is 31.9 Å². The van der Waals surface area contributed by atoms with E-state index in [-0.39, 0.29) is 11.9 Å². The summed E-state index contributed by atoms with van der Waals surface area (Å²) in [5, 5.41) is 0. The molecule has 3 rings (SSSR count). The fourth-order valence-electron chi connectivity index (χ4n) is 3.24. The molecule has 0 bridgehead atoms. The first kappa shape index (κ1) is 15.6. The Morgan fingerprint density at radius 2 is 1.74 bits per heavy atom. The van der Waals surface area contributed by atoms with Gasteiger partial charge in [-0.25, -0.2) is 4.79 Å². The Bertz CT molecular complexity index is 581. The fraction of sp³-hybridized carbons (Fsp3) is 0.529. The summed E-state index contributed by atoms with van der Waals surface area (Å²) in [5.74, 6) is 0.728. The lowest BCUT2D eigenvalue weighted by Crippen LogP contribution is -2.60. The van der Waals surface area contributed by atoms with Gasteiger partial charge in [0.1, 0.15) is 11.8 Å². The summed E-state index contributed by atoms with van der Waals surface area (Å²) in [7, 11) is 1.62. The lowest BCUT2D eigenvalue weighted by molar-refractivity contribution is -0.124. The number of piperazine rings is 1. The first-order valence-electron chi connectivity index (χ1n) is 8.13. The van der Waals surface area contributed by atoms with Gasteiger partial charge in [-0.2, -0.15) is 0 Å². The SMILES string of the molecule is COc1ccc(N2CCN(C(=O)N3CCCC3)[C@@H](C)C2=O)cc1. The topological polar surface area (TPSA) is 53.1 Å². The van der Waals surface area contributed by atoms with Gasteiger partial charge in [-0.15, -0.1) is 0 Å². The highest BCUT2D eigenvalue weighted by atomic mass is 16.5. The van der Waals surface area contributed by atoms with Crippen molar-refractivity contribution in [1.82, 2.24) is 9.80 Å². The molecule has 1 aromatic carbocycles. The van der Waals surface area contributed by atoms with Gasteiger partial charge in [0.2, 0.25) is 5.91 Å². The number of urea groups is 1. The summed E-state index contributed by atoms with van der Waals surface area (Å²) in [6.07, 6.45) is 2.11. The summed E-state index contributed by atoms with van der Waals surface area (Å²) in [4.78, 5) is 30.5. The molecule has 3 amide bonds. The van der Waals surface area contributed by atoms with Crippen molar-refractivity contribution in [3.63, 3.8) is 0 Å². The van der Waals surface area contributed by atoms with Crippen molar-refractivity contribution in [2.24, 2.45) is 0 Å². The van der Waals surface area contributed by atoms with Crippen LogP contribution in [-0.4, -0.2) is 61.1 Å². The zero-order chi connectivity index (χ0) is 16.4. The number of carbonyl (C=O) groups is 2. The van der Waals surface area contributed by atoms with Crippen LogP contribution in [0.2, 0.25) is 0 Å². The number of hydrogen-bond donors (Lipinski definition) is 0. The largest absolute Gasteiger partial charge is 0.497 e. The lowest BCUT2D eigenvalue weighted by atomic mass is 10.1. The maximum atomic E-state index is 12.7. The number of methoxy groups -OCH3 is 1. The number of rotatable bonds is 2. The molecule has 0 saturated carbocycles. The van der Waals surface area contributed by atoms with Crippen LogP contribution in [0.3, 0.4) is 0 Å². The average Bonchev–Trinajstić information content (AvgIpc) is 3.11. The Kier molecular flexibility index (Phi) is 4.41. The van der Waals surface area contributed by atoms with Gasteiger partial charge in [0.25, 0.3) is 0 Å². The minimum Gasteiger partial charge on any atom is -0.497 e. The molecule has 2 aliphatic rings. The Balaban J connectivity index is 1.71. The van der Waals surface area contributed by atoms with E-state index in [1.807, 2.05) is 36.1 Å². The average molecular weight is 317 g/mol. The molecule has 2 fully saturated rings. The second kappa shape index (κ2) is 6.48. The van der Waals surface area contributed by atoms with Crippen LogP contribution >= 0.6 is 0 Å². The van der Waals surface area contributed by atoms with Gasteiger partial charge in [-0.3, -0.25) is 4.79 Å². The highest BCUT2D eigenvalue weighted by molar-refractivity contribution is 6.00. The molecule has 6 nitrogen and oxygen atoms in total. The van der Waals surface area contributed by atoms with Crippen molar-refractivity contribution in [2.75, 3.05) is 38.2 Å². The second-order valence-electron chi connectivity index (χ2n) is 6.03. The molecule has 0 spiro atoms. The monoisotopic (exact) mass is 317 g/mol. The Morgan fingerprint density at radius 3 is 2.35 bits per heavy atom. The number of carbonyl (C=O) groups excluding carboxylic acids is 2. The van der Waals surface area contributed by atoms with Crippen LogP contribution in [0.25, 0.3) is 0 Å². The van der Waals surface area contributed by atoms with Crippen LogP contribution in [0, 0.1) is 0 Å². The third-order valence-electron chi connectivity index (χ3n) is 4.66. The number of anilines is 1. The fourth-order valence-corrected chi connectivity index (χ4v) is 3.24. The van der Waals surface area contributed by atoms with E-state index in [2.05, 4.69) is 0 Å². The molecule has 0 radical (unpaired) electrons. The van der Waals surface area contributed by atoms with E-state index in [0.29, 0.717) is 13.1 Å². The summed E-state index contributed by atoms with van der Waals surface area (Å²) < 4.78 is 5.15. The third-order valence-corrected chi connectivity index (χ3v) is 4.66. The molecule has 2 saturated heterocycles. The van der Waals surface area contributed by atoms with E-state index in [1.165, 1.54) is 0 Å². The normalized spacial score (nSPS) is 21.7. The zero-order valence-electron chi connectivity index (χ0n) is 13.7. The van der Waals surface area contributed by atoms with Gasteiger partial charge in [0.05, 0.1) is 7.11 Å². The maximum absolute atomic E-state index is 12.7. The Hall–Kier alpha value is -2.24. The number of likely N-dealkylation sites (tertiary alicyclic amines) is 1. The predicted molar refractivity (Wildman–Crippen MR) is 87.7 cm³/mol. The quantitative estimate of drug-likeness (QED) is 0.838. The van der Waals surface area contributed by atoms with E-state index in [1.54, 1.807) is 16.9 Å². The number of nitrogens with zero attached hydrogens (tertiary/aromatic N) is 3. The summed E-state index contributed by atoms with van der Waals surface area (Å²) in [6, 6.07) is 7.00. The standard InChI is InChI=1S/C17H23N3O3/c1-13-16(21)20(14-5-7-15(23-2)8-6-14)12-11-19(13)17(22)18-9-3-4-10-18/h5-8,13H,3-4,9-12H2,1-2H3/t13-/m0/s1. The molecule has 0 aliphatic carbocycles. The number of amides is 3. The highest BCUT2D eigenvalue weighted by Gasteiger charge is 2.37. The molecule has 6 heteroatoms. The molecular weight excluding hydrogens is 294 g/mol. The second-order valence-corrected chi connectivity index (χ2v) is 6.03. The first-order chi connectivity index (χ1) is 11.1. The van der Waals surface area contributed by atoms with E-state index >= 15 is 0 Å². The van der Waals surface area contributed by atoms with Gasteiger partial charge >= 0.3 is 6.03 Å². The molecule has 0 unspecified atom stereocenters. The molecular formula is C17H23N3O3. The number of ether oxygens (including phenoxy) is 1. The van der Waals surface area contributed by atoms with Crippen molar-refractivity contribution in [3.05, 3.63) is 24.3 Å². The summed E-state index contributed by atoms with van der Waals surface area (Å²) in [5.41, 5.74) is 0.843. The molecule has 124 valence electrons. The lowest BCUT2D eigenvalue weighted by Gasteiger charge is -2.40. The van der Waals surface area contributed by atoms with Crippen LogP contribution in [0.5, 0.6) is 5.75 Å². The zero-order valence-corrected chi connectivity index (χ0v) is 13.7. The van der Waals surface area contributed by atoms with Crippen molar-refractivity contribution in [3.8, 4) is 5.75 Å². The highest BCUT2D eigenvalue weighted by Crippen LogP contribution is 2.24. The summed E-state index contributed by atoms with van der Waals surface area (Å²) in [6.45, 7) is 4.51. The Labute approximate surface area is 136 Å². The molecule has 0 aromatic heterocycles. The molecule has 1 atom stereocenters. The van der Waals surface area contributed by atoms with E-state index in [9.17, 15) is 9.59 Å². The van der Waals surface area contributed by atoms with Crippen LogP contribution in [0.15, 0.2) is 24.3 Å². The van der Waals surface area contributed by atoms with Crippen LogP contribution in [0.1, 0.15) is 19.8 Å². The minimum atomic E-state index is -0.432. The maximum Gasteiger partial charge on any atom is 0.320 e. The van der Waals surface area contributed by atoms with E-state index in [4.69, 9.17) is 4.74 Å². The van der Waals surface area contributed by atoms with Gasteiger partial charge in [0.15, 0.2) is 0 Å². The first-order valence-corrected chi connectivity index (χ1v) is 8.13. The van der Waals surface area contributed by atoms with E-state index in [0.717, 1.165) is 37.4 Å². The van der Waals surface area contributed by atoms with Crippen molar-refractivity contribution >= 4 is 17.6 Å². The molecule has 0 N–H and O–H groups in total. The molecule has 2 heterocycles. The van der Waals surface area contributed by atoms with Gasteiger partial charge in [-0.1, -0.05) is 0 Å². The van der Waals surface area contributed by atoms with Crippen LogP contribution in [-0.2, 0) is 4.79 Å². The summed E-state index contributed by atoms with van der Waals surface area (Å²) >= 11 is 0. The smallest absolute Gasteiger partial charge is 0.320 e. The molecule has 23 heavy (non-hydrogen) atoms. The number of benzene rings is 1. The Morgan fingerprint density at radius 1 is 1.09 bits per heavy atom. The van der Waals surface area contributed by atoms with Crippen molar-refractivity contribution < 1.29 is 14.3 Å².